The van der Waals surface area contributed by atoms with Crippen LogP contribution in [0.1, 0.15) is 67.8 Å². The minimum Gasteiger partial charge on any atom is -0.339 e. The van der Waals surface area contributed by atoms with Crippen LogP contribution >= 0.6 is 0 Å². The second kappa shape index (κ2) is 8.47. The second-order valence-corrected chi connectivity index (χ2v) is 9.69. The number of aryl methyl sites for hydroxylation is 1. The lowest BCUT2D eigenvalue weighted by Gasteiger charge is -2.43. The van der Waals surface area contributed by atoms with Crippen molar-refractivity contribution in [3.8, 4) is 0 Å². The summed E-state index contributed by atoms with van der Waals surface area (Å²) in [6, 6.07) is 5.94. The molecule has 5 heteroatoms. The predicted molar refractivity (Wildman–Crippen MR) is 116 cm³/mol. The summed E-state index contributed by atoms with van der Waals surface area (Å²) in [6.07, 6.45) is 7.54. The maximum Gasteiger partial charge on any atom is 0.253 e. The zero-order chi connectivity index (χ0) is 20.5. The van der Waals surface area contributed by atoms with Crippen molar-refractivity contribution >= 4 is 17.5 Å². The van der Waals surface area contributed by atoms with Gasteiger partial charge in [-0.25, -0.2) is 0 Å². The average molecular weight is 398 g/mol. The summed E-state index contributed by atoms with van der Waals surface area (Å²) < 4.78 is 0. The first-order valence-electron chi connectivity index (χ1n) is 11.4. The number of hydrogen-bond acceptors (Lipinski definition) is 3. The number of nitrogens with zero attached hydrogens (tertiary/aromatic N) is 1. The van der Waals surface area contributed by atoms with Gasteiger partial charge in [0.15, 0.2) is 0 Å². The van der Waals surface area contributed by atoms with E-state index in [1.54, 1.807) is 0 Å². The van der Waals surface area contributed by atoms with Gasteiger partial charge in [-0.2, -0.15) is 0 Å². The highest BCUT2D eigenvalue weighted by Crippen LogP contribution is 2.42. The van der Waals surface area contributed by atoms with Crippen LogP contribution in [0.25, 0.3) is 0 Å². The van der Waals surface area contributed by atoms with Crippen molar-refractivity contribution in [1.82, 2.24) is 4.90 Å². The van der Waals surface area contributed by atoms with Gasteiger partial charge < -0.3 is 16.0 Å². The van der Waals surface area contributed by atoms with E-state index >= 15 is 0 Å². The summed E-state index contributed by atoms with van der Waals surface area (Å²) >= 11 is 0. The lowest BCUT2D eigenvalue weighted by atomic mass is 9.65. The van der Waals surface area contributed by atoms with Crippen LogP contribution in [0.2, 0.25) is 0 Å². The minimum atomic E-state index is 0.0566. The van der Waals surface area contributed by atoms with Gasteiger partial charge in [-0.3, -0.25) is 9.59 Å². The Hall–Kier alpha value is -1.88. The average Bonchev–Trinajstić information content (AvgIpc) is 2.69. The lowest BCUT2D eigenvalue weighted by Crippen LogP contribution is -2.48. The maximum absolute atomic E-state index is 12.9. The first kappa shape index (κ1) is 20.4. The highest BCUT2D eigenvalue weighted by Gasteiger charge is 2.40. The number of hydrogen-bond donors (Lipinski definition) is 2. The van der Waals surface area contributed by atoms with E-state index in [0.717, 1.165) is 62.9 Å². The Morgan fingerprint density at radius 3 is 2.34 bits per heavy atom. The quantitative estimate of drug-likeness (QED) is 0.811. The molecule has 1 aromatic rings. The van der Waals surface area contributed by atoms with Gasteiger partial charge in [0.1, 0.15) is 0 Å². The van der Waals surface area contributed by atoms with Crippen LogP contribution in [0.15, 0.2) is 18.2 Å². The fraction of sp³-hybridized carbons (Fsp3) is 0.667. The van der Waals surface area contributed by atoms with Crippen LogP contribution in [-0.2, 0) is 4.79 Å². The number of benzene rings is 1. The lowest BCUT2D eigenvalue weighted by molar-refractivity contribution is -0.122. The topological polar surface area (TPSA) is 75.4 Å². The number of rotatable bonds is 3. The van der Waals surface area contributed by atoms with Crippen molar-refractivity contribution in [3.05, 3.63) is 29.3 Å². The molecular formula is C24H35N3O2. The molecule has 2 bridgehead atoms. The molecule has 1 aromatic carbocycles. The molecule has 3 aliphatic rings. The molecule has 29 heavy (non-hydrogen) atoms. The zero-order valence-corrected chi connectivity index (χ0v) is 17.8. The number of carbonyl (C=O) groups is 2. The van der Waals surface area contributed by atoms with Crippen molar-refractivity contribution in [3.63, 3.8) is 0 Å². The molecule has 3 N–H and O–H groups in total. The number of carbonyl (C=O) groups excluding carboxylic acids is 2. The summed E-state index contributed by atoms with van der Waals surface area (Å²) in [6.45, 7) is 5.89. The molecule has 1 saturated heterocycles. The fourth-order valence-electron chi connectivity index (χ4n) is 5.57. The molecule has 0 aromatic heterocycles. The van der Waals surface area contributed by atoms with Gasteiger partial charge >= 0.3 is 0 Å². The van der Waals surface area contributed by atoms with Gasteiger partial charge in [0.25, 0.3) is 5.91 Å². The normalized spacial score (nSPS) is 30.1. The summed E-state index contributed by atoms with van der Waals surface area (Å²) in [5, 5.41) is 3.13. The highest BCUT2D eigenvalue weighted by atomic mass is 16.2. The zero-order valence-electron chi connectivity index (χ0n) is 17.8. The summed E-state index contributed by atoms with van der Waals surface area (Å²) in [5.41, 5.74) is 8.85. The van der Waals surface area contributed by atoms with Crippen LogP contribution < -0.4 is 11.1 Å². The number of nitrogens with two attached hydrogens (primary N) is 1. The summed E-state index contributed by atoms with van der Waals surface area (Å²) in [4.78, 5) is 27.7. The maximum atomic E-state index is 12.9. The van der Waals surface area contributed by atoms with Crippen molar-refractivity contribution < 1.29 is 9.59 Å². The Labute approximate surface area is 174 Å². The van der Waals surface area contributed by atoms with E-state index in [9.17, 15) is 9.59 Å². The molecule has 4 rings (SSSR count). The smallest absolute Gasteiger partial charge is 0.253 e. The van der Waals surface area contributed by atoms with Crippen LogP contribution in [0.4, 0.5) is 5.69 Å². The van der Waals surface area contributed by atoms with E-state index in [2.05, 4.69) is 12.2 Å². The Bertz CT molecular complexity index is 755. The number of likely N-dealkylation sites (tertiary alicyclic amines) is 1. The van der Waals surface area contributed by atoms with Crippen molar-refractivity contribution in [2.75, 3.05) is 18.4 Å². The molecule has 3 fully saturated rings. The monoisotopic (exact) mass is 397 g/mol. The van der Waals surface area contributed by atoms with Crippen LogP contribution in [0.3, 0.4) is 0 Å². The molecular weight excluding hydrogens is 362 g/mol. The first-order valence-corrected chi connectivity index (χ1v) is 11.4. The third-order valence-electron chi connectivity index (χ3n) is 7.59. The van der Waals surface area contributed by atoms with Gasteiger partial charge in [-0.15, -0.1) is 0 Å². The minimum absolute atomic E-state index is 0.0566. The van der Waals surface area contributed by atoms with Gasteiger partial charge in [-0.1, -0.05) is 13.3 Å². The number of piperidine rings is 1. The first-order chi connectivity index (χ1) is 13.9. The fourth-order valence-corrected chi connectivity index (χ4v) is 5.57. The molecule has 2 atom stereocenters. The van der Waals surface area contributed by atoms with Gasteiger partial charge in [0, 0.05) is 36.3 Å². The number of fused-ring (bicyclic) bond motifs is 2. The van der Waals surface area contributed by atoms with Crippen LogP contribution in [0.5, 0.6) is 0 Å². The van der Waals surface area contributed by atoms with Crippen molar-refractivity contribution in [2.24, 2.45) is 29.4 Å². The molecule has 2 unspecified atom stereocenters. The van der Waals surface area contributed by atoms with Gasteiger partial charge in [0.05, 0.1) is 0 Å². The Morgan fingerprint density at radius 1 is 1.07 bits per heavy atom. The van der Waals surface area contributed by atoms with E-state index < -0.39 is 0 Å². The molecule has 1 aliphatic heterocycles. The summed E-state index contributed by atoms with van der Waals surface area (Å²) in [7, 11) is 0. The largest absolute Gasteiger partial charge is 0.339 e. The highest BCUT2D eigenvalue weighted by molar-refractivity contribution is 5.97. The standard InChI is InChI=1S/C24H35N3O2/c1-15-8-10-27(11-9-15)24(29)19-6-7-21(16(2)12-19)26-23(28)20-13-17-4-3-5-18(14-20)22(17)25/h6-7,12,15,17-18,20,22H,3-5,8-11,13-14,25H2,1-2H3,(H,26,28). The van der Waals surface area contributed by atoms with Gasteiger partial charge in [0.2, 0.25) is 5.91 Å². The number of anilines is 1. The Balaban J connectivity index is 1.39. The predicted octanol–water partition coefficient (Wildman–Crippen LogP) is 3.96. The third-order valence-corrected chi connectivity index (χ3v) is 7.59. The Kier molecular flexibility index (Phi) is 5.95. The Morgan fingerprint density at radius 2 is 1.72 bits per heavy atom. The molecule has 2 aliphatic carbocycles. The van der Waals surface area contributed by atoms with Crippen molar-refractivity contribution in [2.45, 2.75) is 64.8 Å². The van der Waals surface area contributed by atoms with E-state index in [0.29, 0.717) is 23.3 Å². The molecule has 2 saturated carbocycles. The molecule has 5 nitrogen and oxygen atoms in total. The van der Waals surface area contributed by atoms with Gasteiger partial charge in [-0.05, 0) is 87.0 Å². The number of amides is 2. The van der Waals surface area contributed by atoms with Crippen molar-refractivity contribution in [1.29, 1.82) is 0 Å². The second-order valence-electron chi connectivity index (χ2n) is 9.69. The van der Waals surface area contributed by atoms with Crippen LogP contribution in [-0.4, -0.2) is 35.8 Å². The molecule has 158 valence electrons. The number of nitrogens with one attached hydrogen (secondary N) is 1. The van der Waals surface area contributed by atoms with Crippen LogP contribution in [0, 0.1) is 30.6 Å². The molecule has 2 amide bonds. The van der Waals surface area contributed by atoms with E-state index in [-0.39, 0.29) is 23.8 Å². The van der Waals surface area contributed by atoms with E-state index in [4.69, 9.17) is 5.73 Å². The summed E-state index contributed by atoms with van der Waals surface area (Å²) in [5.74, 6) is 1.96. The van der Waals surface area contributed by atoms with E-state index in [1.807, 2.05) is 30.0 Å². The third kappa shape index (κ3) is 4.35. The van der Waals surface area contributed by atoms with E-state index in [1.165, 1.54) is 6.42 Å². The SMILES string of the molecule is Cc1cc(C(=O)N2CCC(C)CC2)ccc1NC(=O)C1CC2CCCC(C1)C2N. The molecule has 0 radical (unpaired) electrons. The molecule has 1 heterocycles. The molecule has 0 spiro atoms.